The minimum atomic E-state index is -3.64. The lowest BCUT2D eigenvalue weighted by molar-refractivity contribution is -0.116. The Bertz CT molecular complexity index is 1100. The number of hydrogen-bond donors (Lipinski definition) is 1. The van der Waals surface area contributed by atoms with Crippen LogP contribution in [0.25, 0.3) is 0 Å². The van der Waals surface area contributed by atoms with E-state index in [1.807, 2.05) is 30.3 Å². The first kappa shape index (κ1) is 22.5. The molecule has 0 aromatic heterocycles. The van der Waals surface area contributed by atoms with Crippen LogP contribution in [0.1, 0.15) is 11.1 Å². The maximum absolute atomic E-state index is 13.1. The highest BCUT2D eigenvalue weighted by atomic mass is 32.2. The molecule has 0 heterocycles. The number of nitrogens with zero attached hydrogens (tertiary/aromatic N) is 1. The number of carbonyl (C=O) groups excluding carboxylic acids is 1. The molecule has 0 aliphatic rings. The maximum atomic E-state index is 13.1. The topological polar surface area (TPSA) is 75.7 Å². The van der Waals surface area contributed by atoms with Crippen LogP contribution in [0.3, 0.4) is 0 Å². The summed E-state index contributed by atoms with van der Waals surface area (Å²) in [5.74, 6) is -0.245. The largest absolute Gasteiger partial charge is 0.489 e. The van der Waals surface area contributed by atoms with Gasteiger partial charge >= 0.3 is 0 Å². The molecule has 0 aliphatic carbocycles. The Labute approximate surface area is 181 Å². The number of benzene rings is 3. The van der Waals surface area contributed by atoms with Crippen molar-refractivity contribution in [1.29, 1.82) is 0 Å². The lowest BCUT2D eigenvalue weighted by Gasteiger charge is -2.19. The van der Waals surface area contributed by atoms with Gasteiger partial charge in [-0.15, -0.1) is 0 Å². The summed E-state index contributed by atoms with van der Waals surface area (Å²) in [6.45, 7) is 0.0422. The van der Waals surface area contributed by atoms with E-state index in [0.29, 0.717) is 23.6 Å². The van der Waals surface area contributed by atoms with Gasteiger partial charge < -0.3 is 10.1 Å². The second-order valence-electron chi connectivity index (χ2n) is 7.00. The number of carbonyl (C=O) groups is 1. The van der Waals surface area contributed by atoms with Gasteiger partial charge in [-0.25, -0.2) is 12.8 Å². The third-order valence-corrected chi connectivity index (χ3v) is 5.64. The fourth-order valence-electron chi connectivity index (χ4n) is 2.82. The molecule has 0 saturated heterocycles. The fourth-order valence-corrected chi connectivity index (χ4v) is 3.56. The van der Waals surface area contributed by atoms with Crippen molar-refractivity contribution in [3.63, 3.8) is 0 Å². The zero-order valence-electron chi connectivity index (χ0n) is 17.0. The molecule has 0 unspecified atom stereocenters. The summed E-state index contributed by atoms with van der Waals surface area (Å²) in [4.78, 5) is 12.4. The number of rotatable bonds is 9. The van der Waals surface area contributed by atoms with Crippen molar-refractivity contribution >= 4 is 21.6 Å². The van der Waals surface area contributed by atoms with Gasteiger partial charge in [-0.3, -0.25) is 4.79 Å². The third kappa shape index (κ3) is 7.20. The number of sulfonamides is 1. The van der Waals surface area contributed by atoms with Crippen LogP contribution < -0.4 is 10.1 Å². The molecule has 1 N–H and O–H groups in total. The van der Waals surface area contributed by atoms with Crippen LogP contribution in [0.15, 0.2) is 78.9 Å². The number of amides is 1. The summed E-state index contributed by atoms with van der Waals surface area (Å²) >= 11 is 0. The van der Waals surface area contributed by atoms with E-state index >= 15 is 0 Å². The third-order valence-electron chi connectivity index (χ3n) is 4.45. The predicted molar refractivity (Wildman–Crippen MR) is 117 cm³/mol. The molecular formula is C23H23FN2O4S. The van der Waals surface area contributed by atoms with E-state index in [0.717, 1.165) is 16.1 Å². The summed E-state index contributed by atoms with van der Waals surface area (Å²) in [7, 11) is -3.64. The van der Waals surface area contributed by atoms with Crippen LogP contribution in [0, 0.1) is 5.82 Å². The molecular weight excluding hydrogens is 419 g/mol. The molecule has 1 amide bonds. The average Bonchev–Trinajstić information content (AvgIpc) is 2.74. The van der Waals surface area contributed by atoms with Gasteiger partial charge in [0, 0.05) is 12.2 Å². The molecule has 162 valence electrons. The van der Waals surface area contributed by atoms with Crippen molar-refractivity contribution in [2.24, 2.45) is 0 Å². The van der Waals surface area contributed by atoms with E-state index in [4.69, 9.17) is 4.74 Å². The monoisotopic (exact) mass is 442 g/mol. The summed E-state index contributed by atoms with van der Waals surface area (Å²) in [6, 6.07) is 22.0. The Morgan fingerprint density at radius 2 is 1.58 bits per heavy atom. The molecule has 3 aromatic carbocycles. The first-order valence-corrected chi connectivity index (χ1v) is 11.4. The molecule has 0 aliphatic heterocycles. The van der Waals surface area contributed by atoms with Crippen molar-refractivity contribution in [2.75, 3.05) is 18.1 Å². The highest BCUT2D eigenvalue weighted by Crippen LogP contribution is 2.17. The van der Waals surface area contributed by atoms with Gasteiger partial charge in [0.2, 0.25) is 15.9 Å². The van der Waals surface area contributed by atoms with Crippen molar-refractivity contribution < 1.29 is 22.3 Å². The van der Waals surface area contributed by atoms with E-state index < -0.39 is 21.7 Å². The van der Waals surface area contributed by atoms with Gasteiger partial charge in [-0.2, -0.15) is 4.31 Å². The minimum Gasteiger partial charge on any atom is -0.489 e. The Morgan fingerprint density at radius 1 is 0.935 bits per heavy atom. The van der Waals surface area contributed by atoms with Crippen molar-refractivity contribution in [3.05, 3.63) is 95.8 Å². The molecule has 0 radical (unpaired) electrons. The normalized spacial score (nSPS) is 11.3. The second kappa shape index (κ2) is 10.2. The van der Waals surface area contributed by atoms with E-state index in [-0.39, 0.29) is 13.1 Å². The van der Waals surface area contributed by atoms with Gasteiger partial charge in [0.25, 0.3) is 0 Å². The first-order chi connectivity index (χ1) is 14.8. The molecule has 0 spiro atoms. The quantitative estimate of drug-likeness (QED) is 0.547. The molecule has 3 rings (SSSR count). The number of nitrogens with one attached hydrogen (secondary N) is 1. The van der Waals surface area contributed by atoms with Crippen LogP contribution in [0.2, 0.25) is 0 Å². The highest BCUT2D eigenvalue weighted by Gasteiger charge is 2.20. The van der Waals surface area contributed by atoms with E-state index in [9.17, 15) is 17.6 Å². The second-order valence-corrected chi connectivity index (χ2v) is 8.99. The van der Waals surface area contributed by atoms with Gasteiger partial charge in [0.1, 0.15) is 18.2 Å². The predicted octanol–water partition coefficient (Wildman–Crippen LogP) is 3.81. The van der Waals surface area contributed by atoms with Crippen molar-refractivity contribution in [1.82, 2.24) is 4.31 Å². The lowest BCUT2D eigenvalue weighted by Crippen LogP contribution is -2.36. The van der Waals surface area contributed by atoms with Gasteiger partial charge in [0.15, 0.2) is 0 Å². The van der Waals surface area contributed by atoms with Gasteiger partial charge in [0.05, 0.1) is 12.8 Å². The maximum Gasteiger partial charge on any atom is 0.239 e. The van der Waals surface area contributed by atoms with Gasteiger partial charge in [-0.05, 0) is 47.5 Å². The van der Waals surface area contributed by atoms with Crippen LogP contribution in [0.5, 0.6) is 5.75 Å². The van der Waals surface area contributed by atoms with E-state index in [1.54, 1.807) is 24.3 Å². The summed E-state index contributed by atoms with van der Waals surface area (Å²) in [6.07, 6.45) is 1.03. The standard InChI is InChI=1S/C23H23FN2O4S/c1-31(28,29)26(15-18-7-9-20(24)10-8-18)16-23(27)25-21-11-13-22(14-12-21)30-17-19-5-3-2-4-6-19/h2-14H,15-17H2,1H3,(H,25,27). The van der Waals surface area contributed by atoms with Crippen LogP contribution in [-0.4, -0.2) is 31.4 Å². The SMILES string of the molecule is CS(=O)(=O)N(CC(=O)Nc1ccc(OCc2ccccc2)cc1)Cc1ccc(F)cc1. The number of hydrogen-bond acceptors (Lipinski definition) is 4. The van der Waals surface area contributed by atoms with Crippen molar-refractivity contribution in [2.45, 2.75) is 13.2 Å². The molecule has 0 fully saturated rings. The molecule has 3 aromatic rings. The van der Waals surface area contributed by atoms with Crippen LogP contribution >= 0.6 is 0 Å². The zero-order valence-corrected chi connectivity index (χ0v) is 17.8. The Balaban J connectivity index is 1.56. The Hall–Kier alpha value is -3.23. The molecule has 0 atom stereocenters. The van der Waals surface area contributed by atoms with Crippen molar-refractivity contribution in [3.8, 4) is 5.75 Å². The molecule has 0 bridgehead atoms. The summed E-state index contributed by atoms with van der Waals surface area (Å²) in [5, 5.41) is 2.68. The van der Waals surface area contributed by atoms with Gasteiger partial charge in [-0.1, -0.05) is 42.5 Å². The average molecular weight is 443 g/mol. The molecule has 31 heavy (non-hydrogen) atoms. The molecule has 0 saturated carbocycles. The lowest BCUT2D eigenvalue weighted by atomic mass is 10.2. The minimum absolute atomic E-state index is 0.0290. The fraction of sp³-hybridized carbons (Fsp3) is 0.174. The summed E-state index contributed by atoms with van der Waals surface area (Å²) < 4.78 is 44.0. The number of anilines is 1. The van der Waals surface area contributed by atoms with Crippen LogP contribution in [-0.2, 0) is 28.0 Å². The zero-order chi connectivity index (χ0) is 22.3. The molecule has 6 nitrogen and oxygen atoms in total. The molecule has 8 heteroatoms. The van der Waals surface area contributed by atoms with E-state index in [1.165, 1.54) is 24.3 Å². The highest BCUT2D eigenvalue weighted by molar-refractivity contribution is 7.88. The Kier molecular flexibility index (Phi) is 7.38. The van der Waals surface area contributed by atoms with E-state index in [2.05, 4.69) is 5.32 Å². The number of ether oxygens (including phenoxy) is 1. The first-order valence-electron chi connectivity index (χ1n) is 9.56. The van der Waals surface area contributed by atoms with Crippen LogP contribution in [0.4, 0.5) is 10.1 Å². The summed E-state index contributed by atoms with van der Waals surface area (Å²) in [5.41, 5.74) is 2.15. The number of halogens is 1. The Morgan fingerprint density at radius 3 is 2.19 bits per heavy atom. The smallest absolute Gasteiger partial charge is 0.239 e.